The smallest absolute Gasteiger partial charge is 0.159 e. The van der Waals surface area contributed by atoms with Crippen LogP contribution in [-0.2, 0) is 12.1 Å². The molecule has 1 aliphatic rings. The molecule has 2 aromatic carbocycles. The zero-order valence-electron chi connectivity index (χ0n) is 14.6. The average molecular weight is 346 g/mol. The Bertz CT molecular complexity index is 723. The monoisotopic (exact) mass is 346 g/mol. The summed E-state index contributed by atoms with van der Waals surface area (Å²) in [5.74, 6) is -1.67. The SMILES string of the molecule is CN(C)[C@]1(c2ccccc2)CCN(Cc2ccc(F)c(F)c2)C[C@H]1O. The Morgan fingerprint density at radius 2 is 1.84 bits per heavy atom. The molecule has 1 N–H and O–H groups in total. The number of likely N-dealkylation sites (tertiary alicyclic amines) is 1. The van der Waals surface area contributed by atoms with Gasteiger partial charge in [0.15, 0.2) is 11.6 Å². The van der Waals surface area contributed by atoms with Gasteiger partial charge >= 0.3 is 0 Å². The van der Waals surface area contributed by atoms with Crippen LogP contribution in [0.25, 0.3) is 0 Å². The number of aliphatic hydroxyl groups is 1. The molecule has 0 radical (unpaired) electrons. The predicted molar refractivity (Wildman–Crippen MR) is 94.1 cm³/mol. The van der Waals surface area contributed by atoms with Gasteiger partial charge in [-0.2, -0.15) is 0 Å². The third kappa shape index (κ3) is 3.45. The van der Waals surface area contributed by atoms with Gasteiger partial charge in [-0.1, -0.05) is 36.4 Å². The first-order chi connectivity index (χ1) is 11.9. The van der Waals surface area contributed by atoms with E-state index in [-0.39, 0.29) is 0 Å². The van der Waals surface area contributed by atoms with Crippen molar-refractivity contribution in [2.75, 3.05) is 27.2 Å². The van der Waals surface area contributed by atoms with E-state index in [0.29, 0.717) is 18.7 Å². The van der Waals surface area contributed by atoms with E-state index in [2.05, 4.69) is 9.80 Å². The molecule has 134 valence electrons. The van der Waals surface area contributed by atoms with Gasteiger partial charge in [0, 0.05) is 19.6 Å². The lowest BCUT2D eigenvalue weighted by Crippen LogP contribution is -2.59. The van der Waals surface area contributed by atoms with E-state index in [4.69, 9.17) is 0 Å². The number of aliphatic hydroxyl groups excluding tert-OH is 1. The summed E-state index contributed by atoms with van der Waals surface area (Å²) in [4.78, 5) is 4.17. The van der Waals surface area contributed by atoms with E-state index in [1.165, 1.54) is 6.07 Å². The van der Waals surface area contributed by atoms with Crippen LogP contribution in [0.1, 0.15) is 17.5 Å². The molecule has 0 bridgehead atoms. The molecule has 1 aliphatic heterocycles. The summed E-state index contributed by atoms with van der Waals surface area (Å²) in [5, 5.41) is 11.0. The van der Waals surface area contributed by atoms with Gasteiger partial charge in [-0.3, -0.25) is 9.80 Å². The molecule has 0 saturated carbocycles. The Hall–Kier alpha value is -1.82. The van der Waals surface area contributed by atoms with Crippen LogP contribution in [0.3, 0.4) is 0 Å². The highest BCUT2D eigenvalue weighted by Crippen LogP contribution is 2.37. The van der Waals surface area contributed by atoms with E-state index in [1.807, 2.05) is 44.4 Å². The highest BCUT2D eigenvalue weighted by atomic mass is 19.2. The summed E-state index contributed by atoms with van der Waals surface area (Å²) in [7, 11) is 3.97. The van der Waals surface area contributed by atoms with E-state index >= 15 is 0 Å². The number of hydrogen-bond acceptors (Lipinski definition) is 3. The minimum atomic E-state index is -0.835. The lowest BCUT2D eigenvalue weighted by atomic mass is 9.77. The quantitative estimate of drug-likeness (QED) is 0.922. The van der Waals surface area contributed by atoms with Crippen molar-refractivity contribution in [3.8, 4) is 0 Å². The van der Waals surface area contributed by atoms with Gasteiger partial charge in [0.25, 0.3) is 0 Å². The zero-order valence-corrected chi connectivity index (χ0v) is 14.6. The largest absolute Gasteiger partial charge is 0.389 e. The lowest BCUT2D eigenvalue weighted by Gasteiger charge is -2.50. The standard InChI is InChI=1S/C20H24F2N2O/c1-23(2)20(16-6-4-3-5-7-16)10-11-24(14-19(20)25)13-15-8-9-17(21)18(22)12-15/h3-9,12,19,25H,10-11,13-14H2,1-2H3/t19-,20+/m1/s1. The van der Waals surface area contributed by atoms with E-state index in [0.717, 1.165) is 24.6 Å². The molecule has 5 heteroatoms. The van der Waals surface area contributed by atoms with E-state index in [1.54, 1.807) is 6.07 Å². The molecule has 0 spiro atoms. The van der Waals surface area contributed by atoms with Crippen molar-refractivity contribution in [3.63, 3.8) is 0 Å². The number of nitrogens with zero attached hydrogens (tertiary/aromatic N) is 2. The minimum absolute atomic E-state index is 0.439. The Labute approximate surface area is 147 Å². The van der Waals surface area contributed by atoms with Crippen molar-refractivity contribution in [3.05, 3.63) is 71.3 Å². The predicted octanol–water partition coefficient (Wildman–Crippen LogP) is 2.99. The zero-order chi connectivity index (χ0) is 18.0. The highest BCUT2D eigenvalue weighted by Gasteiger charge is 2.45. The fraction of sp³-hybridized carbons (Fsp3) is 0.400. The second kappa shape index (κ2) is 7.20. The summed E-state index contributed by atoms with van der Waals surface area (Å²) in [6.07, 6.45) is 0.179. The number of likely N-dealkylation sites (N-methyl/N-ethyl adjacent to an activating group) is 1. The van der Waals surface area contributed by atoms with Crippen LogP contribution in [0, 0.1) is 11.6 Å². The van der Waals surface area contributed by atoms with Crippen molar-refractivity contribution in [1.29, 1.82) is 0 Å². The molecular weight excluding hydrogens is 322 g/mol. The van der Waals surface area contributed by atoms with Crippen molar-refractivity contribution >= 4 is 0 Å². The number of halogens is 2. The third-order valence-corrected chi connectivity index (χ3v) is 5.25. The molecule has 1 heterocycles. The molecule has 1 fully saturated rings. The molecule has 0 amide bonds. The number of benzene rings is 2. The Kier molecular flexibility index (Phi) is 5.18. The van der Waals surface area contributed by atoms with Crippen LogP contribution in [0.15, 0.2) is 48.5 Å². The van der Waals surface area contributed by atoms with Crippen LogP contribution in [-0.4, -0.2) is 48.2 Å². The second-order valence-corrected chi connectivity index (χ2v) is 6.93. The molecule has 0 aliphatic carbocycles. The van der Waals surface area contributed by atoms with Crippen LogP contribution < -0.4 is 0 Å². The van der Waals surface area contributed by atoms with Gasteiger partial charge in [-0.05, 0) is 43.8 Å². The second-order valence-electron chi connectivity index (χ2n) is 6.93. The highest BCUT2D eigenvalue weighted by molar-refractivity contribution is 5.28. The maximum atomic E-state index is 13.4. The van der Waals surface area contributed by atoms with Crippen molar-refractivity contribution in [2.45, 2.75) is 24.6 Å². The summed E-state index contributed by atoms with van der Waals surface area (Å²) >= 11 is 0. The van der Waals surface area contributed by atoms with Gasteiger partial charge in [0.2, 0.25) is 0 Å². The number of hydrogen-bond donors (Lipinski definition) is 1. The summed E-state index contributed by atoms with van der Waals surface area (Å²) in [6, 6.07) is 14.0. The third-order valence-electron chi connectivity index (χ3n) is 5.25. The Morgan fingerprint density at radius 1 is 1.12 bits per heavy atom. The molecule has 25 heavy (non-hydrogen) atoms. The van der Waals surface area contributed by atoms with Gasteiger partial charge in [0.1, 0.15) is 0 Å². The molecular formula is C20H24F2N2O. The van der Waals surface area contributed by atoms with Gasteiger partial charge in [0.05, 0.1) is 11.6 Å². The average Bonchev–Trinajstić information content (AvgIpc) is 2.59. The Morgan fingerprint density at radius 3 is 2.44 bits per heavy atom. The number of piperidine rings is 1. The van der Waals surface area contributed by atoms with Crippen LogP contribution in [0.5, 0.6) is 0 Å². The molecule has 0 aromatic heterocycles. The summed E-state index contributed by atoms with van der Waals surface area (Å²) in [6.45, 7) is 1.74. The van der Waals surface area contributed by atoms with Crippen LogP contribution >= 0.6 is 0 Å². The molecule has 2 atom stereocenters. The Balaban J connectivity index is 1.78. The van der Waals surface area contributed by atoms with E-state index in [9.17, 15) is 13.9 Å². The van der Waals surface area contributed by atoms with Gasteiger partial charge in [-0.25, -0.2) is 8.78 Å². The molecule has 2 aromatic rings. The van der Waals surface area contributed by atoms with E-state index < -0.39 is 23.3 Å². The fourth-order valence-corrected chi connectivity index (χ4v) is 3.87. The first kappa shape index (κ1) is 18.0. The summed E-state index contributed by atoms with van der Waals surface area (Å²) in [5.41, 5.74) is 1.37. The van der Waals surface area contributed by atoms with Gasteiger partial charge < -0.3 is 5.11 Å². The fourth-order valence-electron chi connectivity index (χ4n) is 3.87. The first-order valence-electron chi connectivity index (χ1n) is 8.51. The summed E-state index contributed by atoms with van der Waals surface area (Å²) < 4.78 is 26.5. The van der Waals surface area contributed by atoms with Crippen LogP contribution in [0.4, 0.5) is 8.78 Å². The number of rotatable bonds is 4. The topological polar surface area (TPSA) is 26.7 Å². The van der Waals surface area contributed by atoms with Gasteiger partial charge in [-0.15, -0.1) is 0 Å². The first-order valence-corrected chi connectivity index (χ1v) is 8.51. The van der Waals surface area contributed by atoms with Crippen molar-refractivity contribution in [2.24, 2.45) is 0 Å². The number of β-amino-alcohol motifs (C(OH)–C–C–N with tert-alkyl or cyclic N) is 1. The molecule has 3 rings (SSSR count). The van der Waals surface area contributed by atoms with Crippen molar-refractivity contribution < 1.29 is 13.9 Å². The maximum Gasteiger partial charge on any atom is 0.159 e. The maximum absolute atomic E-state index is 13.4. The normalized spacial score (nSPS) is 24.6. The molecule has 3 nitrogen and oxygen atoms in total. The van der Waals surface area contributed by atoms with Crippen molar-refractivity contribution in [1.82, 2.24) is 9.80 Å². The van der Waals surface area contributed by atoms with Crippen LogP contribution in [0.2, 0.25) is 0 Å². The minimum Gasteiger partial charge on any atom is -0.389 e. The lowest BCUT2D eigenvalue weighted by molar-refractivity contribution is -0.0702. The molecule has 1 saturated heterocycles. The molecule has 0 unspecified atom stereocenters.